The Morgan fingerprint density at radius 1 is 1.04 bits per heavy atom. The van der Waals surface area contributed by atoms with Gasteiger partial charge in [-0.1, -0.05) is 30.3 Å². The van der Waals surface area contributed by atoms with Crippen molar-refractivity contribution in [2.24, 2.45) is 5.92 Å². The Labute approximate surface area is 135 Å². The van der Waals surface area contributed by atoms with Gasteiger partial charge < -0.3 is 10.0 Å². The minimum atomic E-state index is -0.896. The van der Waals surface area contributed by atoms with Crippen molar-refractivity contribution in [2.75, 3.05) is 11.4 Å². The zero-order valence-corrected chi connectivity index (χ0v) is 12.8. The first-order valence-electron chi connectivity index (χ1n) is 7.81. The van der Waals surface area contributed by atoms with E-state index in [2.05, 4.69) is 0 Å². The first kappa shape index (κ1) is 15.3. The number of rotatable bonds is 6. The van der Waals surface area contributed by atoms with Crippen molar-refractivity contribution < 1.29 is 14.7 Å². The SMILES string of the molecule is O=C(O)Cc1cccc(C(=O)N(CC2CC2)c2ccccc2)c1. The highest BCUT2D eigenvalue weighted by atomic mass is 16.4. The topological polar surface area (TPSA) is 57.6 Å². The predicted octanol–water partition coefficient (Wildman–Crippen LogP) is 3.37. The Balaban J connectivity index is 1.87. The third kappa shape index (κ3) is 3.97. The fourth-order valence-electron chi connectivity index (χ4n) is 2.62. The monoisotopic (exact) mass is 309 g/mol. The van der Waals surface area contributed by atoms with Crippen molar-refractivity contribution in [1.82, 2.24) is 0 Å². The molecule has 0 aliphatic heterocycles. The molecular weight excluding hydrogens is 290 g/mol. The molecule has 4 heteroatoms. The van der Waals surface area contributed by atoms with Gasteiger partial charge in [-0.3, -0.25) is 9.59 Å². The second-order valence-corrected chi connectivity index (χ2v) is 5.97. The second-order valence-electron chi connectivity index (χ2n) is 5.97. The van der Waals surface area contributed by atoms with Crippen LogP contribution in [0.5, 0.6) is 0 Å². The number of nitrogens with zero attached hydrogens (tertiary/aromatic N) is 1. The van der Waals surface area contributed by atoms with Crippen LogP contribution in [0, 0.1) is 5.92 Å². The molecule has 0 bridgehead atoms. The van der Waals surface area contributed by atoms with Gasteiger partial charge in [0.25, 0.3) is 5.91 Å². The number of carboxylic acid groups (broad SMARTS) is 1. The van der Waals surface area contributed by atoms with Crippen molar-refractivity contribution in [3.63, 3.8) is 0 Å². The van der Waals surface area contributed by atoms with Crippen molar-refractivity contribution in [1.29, 1.82) is 0 Å². The lowest BCUT2D eigenvalue weighted by Crippen LogP contribution is -2.33. The minimum absolute atomic E-state index is 0.0738. The zero-order valence-electron chi connectivity index (χ0n) is 12.8. The maximum absolute atomic E-state index is 12.9. The largest absolute Gasteiger partial charge is 0.481 e. The maximum Gasteiger partial charge on any atom is 0.307 e. The molecule has 2 aromatic rings. The van der Waals surface area contributed by atoms with Gasteiger partial charge in [0.05, 0.1) is 6.42 Å². The fraction of sp³-hybridized carbons (Fsp3) is 0.263. The van der Waals surface area contributed by atoms with Gasteiger partial charge in [-0.15, -0.1) is 0 Å². The summed E-state index contributed by atoms with van der Waals surface area (Å²) in [6, 6.07) is 16.5. The number of anilines is 1. The number of aliphatic carboxylic acids is 1. The fourth-order valence-corrected chi connectivity index (χ4v) is 2.62. The minimum Gasteiger partial charge on any atom is -0.481 e. The molecule has 0 heterocycles. The van der Waals surface area contributed by atoms with Crippen LogP contribution in [0.2, 0.25) is 0 Å². The van der Waals surface area contributed by atoms with Crippen LogP contribution in [0.25, 0.3) is 0 Å². The third-order valence-corrected chi connectivity index (χ3v) is 3.98. The molecule has 0 unspecified atom stereocenters. The molecule has 23 heavy (non-hydrogen) atoms. The van der Waals surface area contributed by atoms with E-state index in [1.807, 2.05) is 30.3 Å². The number of carboxylic acids is 1. The molecule has 1 aliphatic carbocycles. The number of benzene rings is 2. The van der Waals surface area contributed by atoms with E-state index in [1.165, 1.54) is 0 Å². The third-order valence-electron chi connectivity index (χ3n) is 3.98. The Hall–Kier alpha value is -2.62. The first-order chi connectivity index (χ1) is 11.1. The number of para-hydroxylation sites is 1. The van der Waals surface area contributed by atoms with E-state index >= 15 is 0 Å². The van der Waals surface area contributed by atoms with Crippen molar-refractivity contribution in [3.8, 4) is 0 Å². The average molecular weight is 309 g/mol. The summed E-state index contributed by atoms with van der Waals surface area (Å²) in [5.74, 6) is -0.399. The maximum atomic E-state index is 12.9. The molecule has 0 aromatic heterocycles. The number of amides is 1. The summed E-state index contributed by atoms with van der Waals surface area (Å²) in [6.07, 6.45) is 2.25. The van der Waals surface area contributed by atoms with Gasteiger partial charge in [0.1, 0.15) is 0 Å². The van der Waals surface area contributed by atoms with Crippen molar-refractivity contribution >= 4 is 17.6 Å². The summed E-state index contributed by atoms with van der Waals surface area (Å²) < 4.78 is 0. The van der Waals surface area contributed by atoms with Gasteiger partial charge in [-0.05, 0) is 48.6 Å². The van der Waals surface area contributed by atoms with Crippen LogP contribution in [0.1, 0.15) is 28.8 Å². The summed E-state index contributed by atoms with van der Waals surface area (Å²) in [4.78, 5) is 25.6. The van der Waals surface area contributed by atoms with Gasteiger partial charge in [-0.2, -0.15) is 0 Å². The van der Waals surface area contributed by atoms with E-state index in [-0.39, 0.29) is 12.3 Å². The van der Waals surface area contributed by atoms with E-state index in [9.17, 15) is 9.59 Å². The summed E-state index contributed by atoms with van der Waals surface area (Å²) in [5.41, 5.74) is 2.06. The van der Waals surface area contributed by atoms with E-state index in [1.54, 1.807) is 29.2 Å². The number of hydrogen-bond donors (Lipinski definition) is 1. The summed E-state index contributed by atoms with van der Waals surface area (Å²) in [7, 11) is 0. The number of hydrogen-bond acceptors (Lipinski definition) is 2. The highest BCUT2D eigenvalue weighted by Crippen LogP contribution is 2.32. The molecule has 1 fully saturated rings. The molecular formula is C19H19NO3. The van der Waals surface area contributed by atoms with Crippen molar-refractivity contribution in [3.05, 3.63) is 65.7 Å². The van der Waals surface area contributed by atoms with Crippen molar-refractivity contribution in [2.45, 2.75) is 19.3 Å². The lowest BCUT2D eigenvalue weighted by Gasteiger charge is -2.23. The van der Waals surface area contributed by atoms with Gasteiger partial charge in [0.2, 0.25) is 0 Å². The molecule has 0 spiro atoms. The van der Waals surface area contributed by atoms with Crippen LogP contribution in [0.3, 0.4) is 0 Å². The lowest BCUT2D eigenvalue weighted by atomic mass is 10.1. The Morgan fingerprint density at radius 2 is 1.78 bits per heavy atom. The van der Waals surface area contributed by atoms with Gasteiger partial charge in [0, 0.05) is 17.8 Å². The highest BCUT2D eigenvalue weighted by molar-refractivity contribution is 6.06. The summed E-state index contributed by atoms with van der Waals surface area (Å²) in [6.45, 7) is 0.714. The van der Waals surface area contributed by atoms with Crippen LogP contribution >= 0.6 is 0 Å². The van der Waals surface area contributed by atoms with E-state index in [0.29, 0.717) is 23.6 Å². The molecule has 1 saturated carbocycles. The molecule has 2 aromatic carbocycles. The quantitative estimate of drug-likeness (QED) is 0.890. The molecule has 118 valence electrons. The van der Waals surface area contributed by atoms with Crippen LogP contribution in [0.4, 0.5) is 5.69 Å². The van der Waals surface area contributed by atoms with Crippen LogP contribution in [0.15, 0.2) is 54.6 Å². The highest BCUT2D eigenvalue weighted by Gasteiger charge is 2.28. The standard InChI is InChI=1S/C19H19NO3/c21-18(22)12-15-5-4-6-16(11-15)19(23)20(13-14-9-10-14)17-7-2-1-3-8-17/h1-8,11,14H,9-10,12-13H2,(H,21,22). The van der Waals surface area contributed by atoms with E-state index in [0.717, 1.165) is 18.5 Å². The first-order valence-corrected chi connectivity index (χ1v) is 7.81. The molecule has 1 aliphatic rings. The number of carbonyl (C=O) groups excluding carboxylic acids is 1. The number of carbonyl (C=O) groups is 2. The van der Waals surface area contributed by atoms with Crippen LogP contribution in [-0.2, 0) is 11.2 Å². The summed E-state index contributed by atoms with van der Waals surface area (Å²) >= 11 is 0. The molecule has 0 saturated heterocycles. The Morgan fingerprint density at radius 3 is 2.43 bits per heavy atom. The van der Waals surface area contributed by atoms with E-state index < -0.39 is 5.97 Å². The summed E-state index contributed by atoms with van der Waals surface area (Å²) in [5, 5.41) is 8.92. The van der Waals surface area contributed by atoms with Gasteiger partial charge >= 0.3 is 5.97 Å². The molecule has 0 atom stereocenters. The van der Waals surface area contributed by atoms with Gasteiger partial charge in [-0.25, -0.2) is 0 Å². The normalized spacial score (nSPS) is 13.6. The molecule has 3 rings (SSSR count). The average Bonchev–Trinajstić information content (AvgIpc) is 3.36. The molecule has 4 nitrogen and oxygen atoms in total. The van der Waals surface area contributed by atoms with Gasteiger partial charge in [0.15, 0.2) is 0 Å². The Kier molecular flexibility index (Phi) is 4.42. The second kappa shape index (κ2) is 6.65. The van der Waals surface area contributed by atoms with Crippen LogP contribution < -0.4 is 4.90 Å². The predicted molar refractivity (Wildman–Crippen MR) is 88.6 cm³/mol. The van der Waals surface area contributed by atoms with Crippen LogP contribution in [-0.4, -0.2) is 23.5 Å². The molecule has 0 radical (unpaired) electrons. The molecule has 1 N–H and O–H groups in total. The smallest absolute Gasteiger partial charge is 0.307 e. The van der Waals surface area contributed by atoms with E-state index in [4.69, 9.17) is 5.11 Å². The Bertz CT molecular complexity index is 708. The zero-order chi connectivity index (χ0) is 16.2. The lowest BCUT2D eigenvalue weighted by molar-refractivity contribution is -0.136. The molecule has 1 amide bonds.